The van der Waals surface area contributed by atoms with Crippen LogP contribution in [-0.4, -0.2) is 11.1 Å². The van der Waals surface area contributed by atoms with E-state index in [0.29, 0.717) is 6.42 Å². The molecule has 1 N–H and O–H groups in total. The van der Waals surface area contributed by atoms with Crippen LogP contribution < -0.4 is 0 Å². The van der Waals surface area contributed by atoms with Crippen LogP contribution >= 0.6 is 0 Å². The molecule has 1 aliphatic rings. The molecule has 0 radical (unpaired) electrons. The number of hydrogen-bond donors (Lipinski definition) is 1. The van der Waals surface area contributed by atoms with Gasteiger partial charge in [0, 0.05) is 6.42 Å². The Morgan fingerprint density at radius 2 is 1.94 bits per heavy atom. The fourth-order valence-electron chi connectivity index (χ4n) is 2.45. The Labute approximate surface area is 99.4 Å². The molecule has 0 saturated heterocycles. The molecule has 1 unspecified atom stereocenters. The van der Waals surface area contributed by atoms with E-state index in [-0.39, 0.29) is 0 Å². The van der Waals surface area contributed by atoms with Crippen LogP contribution in [0.4, 0.5) is 0 Å². The van der Waals surface area contributed by atoms with Crippen LogP contribution in [0.3, 0.4) is 0 Å². The van der Waals surface area contributed by atoms with Crippen molar-refractivity contribution in [3.05, 3.63) is 0 Å². The van der Waals surface area contributed by atoms with Crippen molar-refractivity contribution in [3.8, 4) is 0 Å². The van der Waals surface area contributed by atoms with Crippen molar-refractivity contribution >= 4 is 5.97 Å². The van der Waals surface area contributed by atoms with E-state index < -0.39 is 5.97 Å². The van der Waals surface area contributed by atoms with Crippen LogP contribution in [0.25, 0.3) is 0 Å². The lowest BCUT2D eigenvalue weighted by Crippen LogP contribution is -2.10. The van der Waals surface area contributed by atoms with E-state index in [1.807, 2.05) is 0 Å². The van der Waals surface area contributed by atoms with Gasteiger partial charge < -0.3 is 5.11 Å². The van der Waals surface area contributed by atoms with Crippen LogP contribution in [0, 0.1) is 11.8 Å². The van der Waals surface area contributed by atoms with Crippen molar-refractivity contribution in [1.29, 1.82) is 0 Å². The smallest absolute Gasteiger partial charge is 0.303 e. The number of carboxylic acid groups (broad SMARTS) is 1. The summed E-state index contributed by atoms with van der Waals surface area (Å²) in [6.45, 7) is 2.31. The van der Waals surface area contributed by atoms with Gasteiger partial charge in [-0.2, -0.15) is 0 Å². The number of carbonyl (C=O) groups is 1. The molecule has 16 heavy (non-hydrogen) atoms. The van der Waals surface area contributed by atoms with Gasteiger partial charge in [-0.1, -0.05) is 58.3 Å². The number of carboxylic acids is 1. The second kappa shape index (κ2) is 7.70. The highest BCUT2D eigenvalue weighted by atomic mass is 16.4. The fourth-order valence-corrected chi connectivity index (χ4v) is 2.45. The Balaban J connectivity index is 1.85. The summed E-state index contributed by atoms with van der Waals surface area (Å²) in [6.07, 6.45) is 12.0. The summed E-state index contributed by atoms with van der Waals surface area (Å²) in [6, 6.07) is 0. The summed E-state index contributed by atoms with van der Waals surface area (Å²) in [7, 11) is 0. The van der Waals surface area contributed by atoms with Crippen molar-refractivity contribution in [1.82, 2.24) is 0 Å². The Hall–Kier alpha value is -0.530. The third-order valence-electron chi connectivity index (χ3n) is 3.87. The Morgan fingerprint density at radius 1 is 1.25 bits per heavy atom. The van der Waals surface area contributed by atoms with Gasteiger partial charge in [0.1, 0.15) is 0 Å². The molecule has 0 heterocycles. The first kappa shape index (κ1) is 13.5. The average molecular weight is 226 g/mol. The molecular formula is C14H26O2. The Morgan fingerprint density at radius 3 is 2.50 bits per heavy atom. The lowest BCUT2D eigenvalue weighted by molar-refractivity contribution is -0.137. The standard InChI is InChI=1S/C14H26O2/c1-12(6-2-3-11-14(15)16)7-4-8-13-9-5-10-13/h12-13H,2-11H2,1H3,(H,15,16). The van der Waals surface area contributed by atoms with Crippen molar-refractivity contribution in [2.75, 3.05) is 0 Å². The van der Waals surface area contributed by atoms with Crippen LogP contribution in [-0.2, 0) is 4.79 Å². The van der Waals surface area contributed by atoms with E-state index in [1.54, 1.807) is 0 Å². The van der Waals surface area contributed by atoms with Gasteiger partial charge in [0.15, 0.2) is 0 Å². The first-order valence-electron chi connectivity index (χ1n) is 6.90. The Bertz CT molecular complexity index is 197. The summed E-state index contributed by atoms with van der Waals surface area (Å²) < 4.78 is 0. The molecule has 0 bridgehead atoms. The highest BCUT2D eigenvalue weighted by molar-refractivity contribution is 5.66. The monoisotopic (exact) mass is 226 g/mol. The van der Waals surface area contributed by atoms with E-state index in [0.717, 1.165) is 24.7 Å². The van der Waals surface area contributed by atoms with Crippen molar-refractivity contribution < 1.29 is 9.90 Å². The van der Waals surface area contributed by atoms with E-state index in [1.165, 1.54) is 44.9 Å². The zero-order valence-corrected chi connectivity index (χ0v) is 10.6. The van der Waals surface area contributed by atoms with Crippen LogP contribution in [0.2, 0.25) is 0 Å². The maximum absolute atomic E-state index is 10.3. The largest absolute Gasteiger partial charge is 0.481 e. The van der Waals surface area contributed by atoms with Gasteiger partial charge in [-0.25, -0.2) is 0 Å². The third kappa shape index (κ3) is 6.14. The maximum atomic E-state index is 10.3. The highest BCUT2D eigenvalue weighted by Gasteiger charge is 2.16. The third-order valence-corrected chi connectivity index (χ3v) is 3.87. The van der Waals surface area contributed by atoms with Crippen molar-refractivity contribution in [3.63, 3.8) is 0 Å². The molecule has 0 aromatic heterocycles. The second-order valence-electron chi connectivity index (χ2n) is 5.47. The van der Waals surface area contributed by atoms with E-state index in [2.05, 4.69) is 6.92 Å². The van der Waals surface area contributed by atoms with Crippen LogP contribution in [0.1, 0.15) is 71.1 Å². The molecule has 94 valence electrons. The average Bonchev–Trinajstić information content (AvgIpc) is 2.16. The molecule has 1 atom stereocenters. The number of hydrogen-bond acceptors (Lipinski definition) is 1. The molecule has 2 nitrogen and oxygen atoms in total. The molecule has 1 aliphatic carbocycles. The van der Waals surface area contributed by atoms with E-state index in [4.69, 9.17) is 5.11 Å². The first-order valence-corrected chi connectivity index (χ1v) is 6.90. The maximum Gasteiger partial charge on any atom is 0.303 e. The molecule has 0 spiro atoms. The van der Waals surface area contributed by atoms with Crippen LogP contribution in [0.15, 0.2) is 0 Å². The Kier molecular flexibility index (Phi) is 6.51. The van der Waals surface area contributed by atoms with Gasteiger partial charge in [-0.15, -0.1) is 0 Å². The normalized spacial score (nSPS) is 18.1. The quantitative estimate of drug-likeness (QED) is 0.597. The molecule has 0 aromatic rings. The molecule has 1 fully saturated rings. The van der Waals surface area contributed by atoms with Gasteiger partial charge in [0.25, 0.3) is 0 Å². The second-order valence-corrected chi connectivity index (χ2v) is 5.47. The number of unbranched alkanes of at least 4 members (excludes halogenated alkanes) is 1. The zero-order valence-electron chi connectivity index (χ0n) is 10.6. The number of aliphatic carboxylic acids is 1. The molecule has 0 amide bonds. The van der Waals surface area contributed by atoms with E-state index in [9.17, 15) is 4.79 Å². The van der Waals surface area contributed by atoms with Gasteiger partial charge in [0.05, 0.1) is 0 Å². The minimum atomic E-state index is -0.655. The zero-order chi connectivity index (χ0) is 11.8. The molecule has 2 heteroatoms. The minimum Gasteiger partial charge on any atom is -0.481 e. The van der Waals surface area contributed by atoms with Gasteiger partial charge in [-0.05, 0) is 18.3 Å². The topological polar surface area (TPSA) is 37.3 Å². The summed E-state index contributed by atoms with van der Waals surface area (Å²) in [5.74, 6) is 1.17. The summed E-state index contributed by atoms with van der Waals surface area (Å²) in [5.41, 5.74) is 0. The fraction of sp³-hybridized carbons (Fsp3) is 0.929. The van der Waals surface area contributed by atoms with Crippen LogP contribution in [0.5, 0.6) is 0 Å². The van der Waals surface area contributed by atoms with E-state index >= 15 is 0 Å². The lowest BCUT2D eigenvalue weighted by atomic mass is 9.81. The van der Waals surface area contributed by atoms with Gasteiger partial charge in [-0.3, -0.25) is 4.79 Å². The molecule has 0 aromatic carbocycles. The molecule has 1 saturated carbocycles. The summed E-state index contributed by atoms with van der Waals surface area (Å²) in [5, 5.41) is 8.51. The first-order chi connectivity index (χ1) is 7.68. The van der Waals surface area contributed by atoms with Crippen molar-refractivity contribution in [2.24, 2.45) is 11.8 Å². The summed E-state index contributed by atoms with van der Waals surface area (Å²) >= 11 is 0. The molecule has 1 rings (SSSR count). The minimum absolute atomic E-state index is 0.342. The molecular weight excluding hydrogens is 200 g/mol. The number of rotatable bonds is 9. The summed E-state index contributed by atoms with van der Waals surface area (Å²) in [4.78, 5) is 10.3. The highest BCUT2D eigenvalue weighted by Crippen LogP contribution is 2.31. The van der Waals surface area contributed by atoms with Crippen molar-refractivity contribution in [2.45, 2.75) is 71.1 Å². The predicted octanol–water partition coefficient (Wildman–Crippen LogP) is 4.24. The predicted molar refractivity (Wildman–Crippen MR) is 66.5 cm³/mol. The lowest BCUT2D eigenvalue weighted by Gasteiger charge is -2.25. The molecule has 0 aliphatic heterocycles. The SMILES string of the molecule is CC(CCCCC(=O)O)CCCC1CCC1. The van der Waals surface area contributed by atoms with Gasteiger partial charge in [0.2, 0.25) is 0 Å². The van der Waals surface area contributed by atoms with Gasteiger partial charge >= 0.3 is 5.97 Å².